The summed E-state index contributed by atoms with van der Waals surface area (Å²) >= 11 is 14.9. The highest BCUT2D eigenvalue weighted by atomic mass is 79.9. The van der Waals surface area contributed by atoms with E-state index in [4.69, 9.17) is 23.2 Å². The minimum absolute atomic E-state index is 0.0927. The number of nitro groups is 1. The van der Waals surface area contributed by atoms with Crippen LogP contribution in [0.5, 0.6) is 0 Å². The lowest BCUT2D eigenvalue weighted by molar-refractivity contribution is -0.384. The molecule has 2 rings (SSSR count). The van der Waals surface area contributed by atoms with Gasteiger partial charge in [0.2, 0.25) is 0 Å². The second kappa shape index (κ2) is 6.43. The first-order valence-electron chi connectivity index (χ1n) is 5.59. The highest BCUT2D eigenvalue weighted by Crippen LogP contribution is 2.27. The van der Waals surface area contributed by atoms with Gasteiger partial charge in [0.25, 0.3) is 11.6 Å². The Kier molecular flexibility index (Phi) is 4.82. The molecular formula is C13H7BrCl2N2O3. The van der Waals surface area contributed by atoms with Gasteiger partial charge < -0.3 is 5.32 Å². The number of anilines is 1. The summed E-state index contributed by atoms with van der Waals surface area (Å²) in [6.07, 6.45) is 0. The van der Waals surface area contributed by atoms with Gasteiger partial charge in [-0.2, -0.15) is 0 Å². The van der Waals surface area contributed by atoms with Crippen molar-refractivity contribution in [3.8, 4) is 0 Å². The fourth-order valence-corrected chi connectivity index (χ4v) is 2.32. The van der Waals surface area contributed by atoms with Crippen LogP contribution in [-0.4, -0.2) is 10.8 Å². The summed E-state index contributed by atoms with van der Waals surface area (Å²) in [4.78, 5) is 22.1. The number of hydrogen-bond donors (Lipinski definition) is 1. The number of hydrogen-bond acceptors (Lipinski definition) is 3. The number of halogens is 3. The number of benzene rings is 2. The van der Waals surface area contributed by atoms with Gasteiger partial charge in [0.05, 0.1) is 9.95 Å². The minimum Gasteiger partial charge on any atom is -0.322 e. The first kappa shape index (κ1) is 15.8. The highest BCUT2D eigenvalue weighted by molar-refractivity contribution is 9.10. The second-order valence-electron chi connectivity index (χ2n) is 4.01. The molecule has 0 heterocycles. The molecule has 0 atom stereocenters. The van der Waals surface area contributed by atoms with Crippen molar-refractivity contribution in [3.05, 3.63) is 66.6 Å². The largest absolute Gasteiger partial charge is 0.322 e. The van der Waals surface area contributed by atoms with Crippen LogP contribution in [0.15, 0.2) is 40.9 Å². The summed E-state index contributed by atoms with van der Waals surface area (Å²) in [5.41, 5.74) is 0.505. The van der Waals surface area contributed by atoms with Crippen LogP contribution in [0.4, 0.5) is 11.4 Å². The summed E-state index contributed by atoms with van der Waals surface area (Å²) in [6, 6.07) is 8.69. The summed E-state index contributed by atoms with van der Waals surface area (Å²) in [5, 5.41) is 13.7. The smallest absolute Gasteiger partial charge is 0.287 e. The zero-order valence-electron chi connectivity index (χ0n) is 10.3. The van der Waals surface area contributed by atoms with E-state index in [1.165, 1.54) is 18.2 Å². The minimum atomic E-state index is -0.611. The van der Waals surface area contributed by atoms with E-state index in [0.29, 0.717) is 15.2 Å². The monoisotopic (exact) mass is 388 g/mol. The predicted octanol–water partition coefficient (Wildman–Crippen LogP) is 4.92. The molecule has 0 aromatic heterocycles. The summed E-state index contributed by atoms with van der Waals surface area (Å²) < 4.78 is 0.642. The molecule has 5 nitrogen and oxygen atoms in total. The van der Waals surface area contributed by atoms with Gasteiger partial charge in [-0.3, -0.25) is 14.9 Å². The van der Waals surface area contributed by atoms with E-state index >= 15 is 0 Å². The molecule has 1 N–H and O–H groups in total. The number of nitro benzene ring substituents is 1. The molecule has 0 saturated carbocycles. The lowest BCUT2D eigenvalue weighted by atomic mass is 10.2. The third-order valence-corrected chi connectivity index (χ3v) is 4.10. The van der Waals surface area contributed by atoms with Crippen LogP contribution in [0.2, 0.25) is 10.0 Å². The molecule has 0 aliphatic heterocycles. The maximum atomic E-state index is 12.1. The SMILES string of the molecule is O=C(Nc1ccc(Cl)c(Br)c1)c1ccc([N+](=O)[O-])c(Cl)c1. The summed E-state index contributed by atoms with van der Waals surface area (Å²) in [7, 11) is 0. The zero-order valence-corrected chi connectivity index (χ0v) is 13.4. The molecule has 0 aliphatic carbocycles. The molecule has 0 saturated heterocycles. The Bertz CT molecular complexity index is 737. The third kappa shape index (κ3) is 3.72. The van der Waals surface area contributed by atoms with Crippen LogP contribution in [0.1, 0.15) is 10.4 Å². The Morgan fingerprint density at radius 3 is 2.43 bits per heavy atom. The molecule has 1 amide bonds. The first-order valence-corrected chi connectivity index (χ1v) is 7.13. The van der Waals surface area contributed by atoms with Gasteiger partial charge in [-0.05, 0) is 46.3 Å². The van der Waals surface area contributed by atoms with E-state index in [2.05, 4.69) is 21.2 Å². The Hall–Kier alpha value is -1.63. The van der Waals surface area contributed by atoms with Crippen molar-refractivity contribution in [2.45, 2.75) is 0 Å². The van der Waals surface area contributed by atoms with Crippen LogP contribution in [-0.2, 0) is 0 Å². The van der Waals surface area contributed by atoms with E-state index in [1.807, 2.05) is 0 Å². The van der Waals surface area contributed by atoms with Gasteiger partial charge >= 0.3 is 0 Å². The average molecular weight is 390 g/mol. The van der Waals surface area contributed by atoms with Crippen LogP contribution >= 0.6 is 39.1 Å². The van der Waals surface area contributed by atoms with Gasteiger partial charge in [-0.15, -0.1) is 0 Å². The zero-order chi connectivity index (χ0) is 15.6. The van der Waals surface area contributed by atoms with E-state index in [9.17, 15) is 14.9 Å². The molecule has 21 heavy (non-hydrogen) atoms. The van der Waals surface area contributed by atoms with Crippen molar-refractivity contribution in [1.29, 1.82) is 0 Å². The molecule has 0 fully saturated rings. The van der Waals surface area contributed by atoms with Crippen LogP contribution < -0.4 is 5.32 Å². The van der Waals surface area contributed by atoms with Gasteiger partial charge in [0.15, 0.2) is 0 Å². The van der Waals surface area contributed by atoms with Crippen LogP contribution in [0, 0.1) is 10.1 Å². The molecule has 108 valence electrons. The molecule has 0 unspecified atom stereocenters. The van der Waals surface area contributed by atoms with E-state index in [1.54, 1.807) is 18.2 Å². The number of nitrogens with zero attached hydrogens (tertiary/aromatic N) is 1. The van der Waals surface area contributed by atoms with Crippen molar-refractivity contribution >= 4 is 56.4 Å². The number of carbonyl (C=O) groups excluding carboxylic acids is 1. The summed E-state index contributed by atoms with van der Waals surface area (Å²) in [6.45, 7) is 0. The third-order valence-electron chi connectivity index (χ3n) is 2.58. The highest BCUT2D eigenvalue weighted by Gasteiger charge is 2.15. The Balaban J connectivity index is 2.22. The van der Waals surface area contributed by atoms with Gasteiger partial charge in [0.1, 0.15) is 5.02 Å². The van der Waals surface area contributed by atoms with Gasteiger partial charge in [0, 0.05) is 21.8 Å². The normalized spacial score (nSPS) is 10.2. The van der Waals surface area contributed by atoms with E-state index in [-0.39, 0.29) is 16.3 Å². The predicted molar refractivity (Wildman–Crippen MR) is 85.2 cm³/mol. The lowest BCUT2D eigenvalue weighted by Crippen LogP contribution is -2.12. The quantitative estimate of drug-likeness (QED) is 0.598. The topological polar surface area (TPSA) is 72.2 Å². The molecule has 0 bridgehead atoms. The van der Waals surface area contributed by atoms with E-state index in [0.717, 1.165) is 0 Å². The van der Waals surface area contributed by atoms with Crippen LogP contribution in [0.3, 0.4) is 0 Å². The second-order valence-corrected chi connectivity index (χ2v) is 5.68. The molecule has 2 aromatic rings. The van der Waals surface area contributed by atoms with Crippen LogP contribution in [0.25, 0.3) is 0 Å². The number of nitrogens with one attached hydrogen (secondary N) is 1. The van der Waals surface area contributed by atoms with E-state index < -0.39 is 10.8 Å². The number of amides is 1. The fraction of sp³-hybridized carbons (Fsp3) is 0. The standard InChI is InChI=1S/C13H7BrCl2N2O3/c14-9-6-8(2-3-10(9)15)17-13(19)7-1-4-12(18(20)21)11(16)5-7/h1-6H,(H,17,19). The molecule has 8 heteroatoms. The summed E-state index contributed by atoms with van der Waals surface area (Å²) in [5.74, 6) is -0.430. The fourth-order valence-electron chi connectivity index (χ4n) is 1.57. The Morgan fingerprint density at radius 2 is 1.86 bits per heavy atom. The molecule has 0 spiro atoms. The maximum Gasteiger partial charge on any atom is 0.287 e. The Morgan fingerprint density at radius 1 is 1.14 bits per heavy atom. The molecule has 0 aliphatic rings. The first-order chi connectivity index (χ1) is 9.88. The van der Waals surface area contributed by atoms with Crippen molar-refractivity contribution < 1.29 is 9.72 Å². The Labute approximate surface area is 138 Å². The van der Waals surface area contributed by atoms with Crippen molar-refractivity contribution in [3.63, 3.8) is 0 Å². The molecule has 2 aromatic carbocycles. The van der Waals surface area contributed by atoms with Gasteiger partial charge in [-0.25, -0.2) is 0 Å². The number of carbonyl (C=O) groups is 1. The molecular weight excluding hydrogens is 383 g/mol. The van der Waals surface area contributed by atoms with Crippen molar-refractivity contribution in [2.75, 3.05) is 5.32 Å². The van der Waals surface area contributed by atoms with Crippen molar-refractivity contribution in [2.24, 2.45) is 0 Å². The maximum absolute atomic E-state index is 12.1. The van der Waals surface area contributed by atoms with Crippen molar-refractivity contribution in [1.82, 2.24) is 0 Å². The average Bonchev–Trinajstić information content (AvgIpc) is 2.42. The molecule has 0 radical (unpaired) electrons. The van der Waals surface area contributed by atoms with Gasteiger partial charge in [-0.1, -0.05) is 23.2 Å². The lowest BCUT2D eigenvalue weighted by Gasteiger charge is -2.07. The number of rotatable bonds is 3.